The molecular formula is C12H19N3O2. The van der Waals surface area contributed by atoms with Crippen LogP contribution in [0.1, 0.15) is 6.42 Å². The van der Waals surface area contributed by atoms with Crippen LogP contribution in [0.15, 0.2) is 29.2 Å². The van der Waals surface area contributed by atoms with Gasteiger partial charge in [0.05, 0.1) is 0 Å². The van der Waals surface area contributed by atoms with Gasteiger partial charge in [0.25, 0.3) is 5.56 Å². The lowest BCUT2D eigenvalue weighted by atomic mass is 10.4. The van der Waals surface area contributed by atoms with E-state index in [1.807, 2.05) is 14.1 Å². The van der Waals surface area contributed by atoms with Crippen molar-refractivity contribution in [1.82, 2.24) is 14.8 Å². The van der Waals surface area contributed by atoms with E-state index in [2.05, 4.69) is 10.2 Å². The third kappa shape index (κ3) is 5.31. The zero-order valence-corrected chi connectivity index (χ0v) is 10.3. The molecule has 1 aromatic rings. The van der Waals surface area contributed by atoms with Crippen LogP contribution in [0.4, 0.5) is 0 Å². The molecule has 5 heteroatoms. The maximum absolute atomic E-state index is 11.5. The summed E-state index contributed by atoms with van der Waals surface area (Å²) in [6.07, 6.45) is 2.52. The number of carbonyl (C=O) groups excluding carboxylic acids is 1. The fourth-order valence-electron chi connectivity index (χ4n) is 1.42. The summed E-state index contributed by atoms with van der Waals surface area (Å²) >= 11 is 0. The van der Waals surface area contributed by atoms with E-state index in [0.29, 0.717) is 6.54 Å². The van der Waals surface area contributed by atoms with Crippen LogP contribution in [-0.2, 0) is 11.3 Å². The molecule has 0 spiro atoms. The Hall–Kier alpha value is -1.62. The van der Waals surface area contributed by atoms with Gasteiger partial charge in [-0.2, -0.15) is 0 Å². The average molecular weight is 237 g/mol. The Morgan fingerprint density at radius 1 is 1.41 bits per heavy atom. The van der Waals surface area contributed by atoms with E-state index in [9.17, 15) is 9.59 Å². The van der Waals surface area contributed by atoms with E-state index in [1.165, 1.54) is 10.6 Å². The molecule has 0 aliphatic carbocycles. The van der Waals surface area contributed by atoms with Gasteiger partial charge in [-0.05, 0) is 33.1 Å². The summed E-state index contributed by atoms with van der Waals surface area (Å²) in [5, 5.41) is 2.79. The first-order valence-corrected chi connectivity index (χ1v) is 5.66. The molecule has 0 radical (unpaired) electrons. The molecule has 1 aromatic heterocycles. The summed E-state index contributed by atoms with van der Waals surface area (Å²) in [5.74, 6) is -0.128. The van der Waals surface area contributed by atoms with Crippen LogP contribution in [0, 0.1) is 0 Å². The highest BCUT2D eigenvalue weighted by molar-refractivity contribution is 5.75. The van der Waals surface area contributed by atoms with Crippen LogP contribution < -0.4 is 10.9 Å². The summed E-state index contributed by atoms with van der Waals surface area (Å²) in [4.78, 5) is 24.9. The second kappa shape index (κ2) is 6.85. The fourth-order valence-corrected chi connectivity index (χ4v) is 1.42. The van der Waals surface area contributed by atoms with Crippen molar-refractivity contribution in [3.05, 3.63) is 34.7 Å². The Labute approximate surface area is 101 Å². The Bertz CT molecular complexity index is 412. The van der Waals surface area contributed by atoms with Gasteiger partial charge in [-0.25, -0.2) is 0 Å². The second-order valence-corrected chi connectivity index (χ2v) is 4.17. The minimum atomic E-state index is -0.157. The molecule has 94 valence electrons. The zero-order chi connectivity index (χ0) is 12.7. The zero-order valence-electron chi connectivity index (χ0n) is 10.3. The highest BCUT2D eigenvalue weighted by Gasteiger charge is 2.02. The molecule has 1 heterocycles. The largest absolute Gasteiger partial charge is 0.355 e. The predicted octanol–water partition coefficient (Wildman–Crippen LogP) is -0.0838. The SMILES string of the molecule is CN(C)CCCNC(=O)Cn1ccccc1=O. The van der Waals surface area contributed by atoms with Gasteiger partial charge in [0, 0.05) is 18.8 Å². The number of hydrogen-bond acceptors (Lipinski definition) is 3. The number of amides is 1. The van der Waals surface area contributed by atoms with E-state index in [1.54, 1.807) is 18.3 Å². The van der Waals surface area contributed by atoms with Gasteiger partial charge in [0.15, 0.2) is 0 Å². The number of hydrogen-bond donors (Lipinski definition) is 1. The summed E-state index contributed by atoms with van der Waals surface area (Å²) in [6, 6.07) is 4.84. The van der Waals surface area contributed by atoms with Crippen molar-refractivity contribution in [1.29, 1.82) is 0 Å². The number of nitrogens with zero attached hydrogens (tertiary/aromatic N) is 2. The maximum Gasteiger partial charge on any atom is 0.250 e. The van der Waals surface area contributed by atoms with Crippen molar-refractivity contribution in [2.45, 2.75) is 13.0 Å². The molecular weight excluding hydrogens is 218 g/mol. The van der Waals surface area contributed by atoms with Crippen LogP contribution >= 0.6 is 0 Å². The Morgan fingerprint density at radius 2 is 2.18 bits per heavy atom. The van der Waals surface area contributed by atoms with Gasteiger partial charge in [-0.15, -0.1) is 0 Å². The van der Waals surface area contributed by atoms with E-state index in [-0.39, 0.29) is 18.0 Å². The fraction of sp³-hybridized carbons (Fsp3) is 0.500. The van der Waals surface area contributed by atoms with Crippen molar-refractivity contribution < 1.29 is 4.79 Å². The number of nitrogens with one attached hydrogen (secondary N) is 1. The standard InChI is InChI=1S/C12H19N3O2/c1-14(2)8-5-7-13-11(16)10-15-9-4-3-6-12(15)17/h3-4,6,9H,5,7-8,10H2,1-2H3,(H,13,16). The summed E-state index contributed by atoms with van der Waals surface area (Å²) in [7, 11) is 3.98. The molecule has 0 saturated heterocycles. The molecule has 1 amide bonds. The Balaban J connectivity index is 2.31. The lowest BCUT2D eigenvalue weighted by Crippen LogP contribution is -2.33. The molecule has 0 aliphatic heterocycles. The third-order valence-corrected chi connectivity index (χ3v) is 2.32. The highest BCUT2D eigenvalue weighted by atomic mass is 16.2. The molecule has 0 aromatic carbocycles. The second-order valence-electron chi connectivity index (χ2n) is 4.17. The minimum Gasteiger partial charge on any atom is -0.355 e. The van der Waals surface area contributed by atoms with Crippen LogP contribution in [0.5, 0.6) is 0 Å². The number of aromatic nitrogens is 1. The molecule has 0 aliphatic rings. The maximum atomic E-state index is 11.5. The number of rotatable bonds is 6. The average Bonchev–Trinajstić information content (AvgIpc) is 2.27. The smallest absolute Gasteiger partial charge is 0.250 e. The lowest BCUT2D eigenvalue weighted by Gasteiger charge is -2.10. The molecule has 0 unspecified atom stereocenters. The summed E-state index contributed by atoms with van der Waals surface area (Å²) in [6.45, 7) is 1.66. The highest BCUT2D eigenvalue weighted by Crippen LogP contribution is 1.84. The van der Waals surface area contributed by atoms with Gasteiger partial charge in [0.2, 0.25) is 5.91 Å². The van der Waals surface area contributed by atoms with Crippen LogP contribution in [0.2, 0.25) is 0 Å². The molecule has 1 rings (SSSR count). The van der Waals surface area contributed by atoms with E-state index in [4.69, 9.17) is 0 Å². The summed E-state index contributed by atoms with van der Waals surface area (Å²) in [5.41, 5.74) is -0.157. The van der Waals surface area contributed by atoms with Gasteiger partial charge in [-0.1, -0.05) is 6.07 Å². The molecule has 5 nitrogen and oxygen atoms in total. The molecule has 0 bridgehead atoms. The summed E-state index contributed by atoms with van der Waals surface area (Å²) < 4.78 is 1.39. The molecule has 0 atom stereocenters. The van der Waals surface area contributed by atoms with Gasteiger partial charge < -0.3 is 14.8 Å². The van der Waals surface area contributed by atoms with Crippen molar-refractivity contribution in [2.75, 3.05) is 27.2 Å². The number of pyridine rings is 1. The first-order chi connectivity index (χ1) is 8.09. The molecule has 0 saturated carbocycles. The quantitative estimate of drug-likeness (QED) is 0.704. The van der Waals surface area contributed by atoms with Crippen LogP contribution in [0.25, 0.3) is 0 Å². The molecule has 1 N–H and O–H groups in total. The predicted molar refractivity (Wildman–Crippen MR) is 66.9 cm³/mol. The first kappa shape index (κ1) is 13.4. The van der Waals surface area contributed by atoms with E-state index in [0.717, 1.165) is 13.0 Å². The minimum absolute atomic E-state index is 0.0850. The van der Waals surface area contributed by atoms with Gasteiger partial charge in [-0.3, -0.25) is 9.59 Å². The van der Waals surface area contributed by atoms with Gasteiger partial charge >= 0.3 is 0 Å². The topological polar surface area (TPSA) is 54.3 Å². The Kier molecular flexibility index (Phi) is 5.42. The van der Waals surface area contributed by atoms with Crippen molar-refractivity contribution in [3.8, 4) is 0 Å². The first-order valence-electron chi connectivity index (χ1n) is 5.66. The van der Waals surface area contributed by atoms with Crippen molar-refractivity contribution in [3.63, 3.8) is 0 Å². The van der Waals surface area contributed by atoms with Crippen molar-refractivity contribution >= 4 is 5.91 Å². The van der Waals surface area contributed by atoms with E-state index >= 15 is 0 Å². The third-order valence-electron chi connectivity index (χ3n) is 2.32. The van der Waals surface area contributed by atoms with Crippen molar-refractivity contribution in [2.24, 2.45) is 0 Å². The Morgan fingerprint density at radius 3 is 2.82 bits per heavy atom. The molecule has 0 fully saturated rings. The van der Waals surface area contributed by atoms with E-state index < -0.39 is 0 Å². The normalized spacial score (nSPS) is 10.5. The van der Waals surface area contributed by atoms with Crippen LogP contribution in [-0.4, -0.2) is 42.6 Å². The monoisotopic (exact) mass is 237 g/mol. The number of carbonyl (C=O) groups is 1. The van der Waals surface area contributed by atoms with Crippen LogP contribution in [0.3, 0.4) is 0 Å². The van der Waals surface area contributed by atoms with Gasteiger partial charge in [0.1, 0.15) is 6.54 Å². The lowest BCUT2D eigenvalue weighted by molar-refractivity contribution is -0.121. The molecule has 17 heavy (non-hydrogen) atoms.